The van der Waals surface area contributed by atoms with Gasteiger partial charge < -0.3 is 9.90 Å². The Morgan fingerprint density at radius 2 is 0.848 bits per heavy atom. The van der Waals surface area contributed by atoms with Gasteiger partial charge in [-0.15, -0.1) is 0 Å². The van der Waals surface area contributed by atoms with Gasteiger partial charge >= 0.3 is 29.6 Å². The normalized spacial score (nSPS) is 12.2. The molecule has 190 valence electrons. The van der Waals surface area contributed by atoms with Crippen LogP contribution in [0, 0.1) is 5.92 Å². The topological polar surface area (TPSA) is 40.1 Å². The molecular weight excluding hydrogens is 415 g/mol. The first-order valence-corrected chi connectivity index (χ1v) is 14.6. The van der Waals surface area contributed by atoms with Gasteiger partial charge in [-0.2, -0.15) is 0 Å². The van der Waals surface area contributed by atoms with Crippen LogP contribution in [-0.2, 0) is 4.79 Å². The van der Waals surface area contributed by atoms with E-state index in [9.17, 15) is 9.90 Å². The number of carboxylic acids is 1. The second-order valence-electron chi connectivity index (χ2n) is 10.0. The molecule has 0 radical (unpaired) electrons. The number of allylic oxidation sites excluding steroid dienone is 2. The van der Waals surface area contributed by atoms with E-state index < -0.39 is 5.97 Å². The van der Waals surface area contributed by atoms with Crippen LogP contribution in [0.2, 0.25) is 0 Å². The van der Waals surface area contributed by atoms with E-state index in [1.165, 1.54) is 122 Å². The Morgan fingerprint density at radius 3 is 1.18 bits per heavy atom. The van der Waals surface area contributed by atoms with Gasteiger partial charge in [0, 0.05) is 5.97 Å². The molecule has 0 aliphatic carbocycles. The van der Waals surface area contributed by atoms with Crippen LogP contribution < -0.4 is 34.7 Å². The van der Waals surface area contributed by atoms with Crippen LogP contribution in [0.25, 0.3) is 0 Å². The minimum Gasteiger partial charge on any atom is -0.550 e. The van der Waals surface area contributed by atoms with E-state index in [1.807, 2.05) is 0 Å². The third-order valence-corrected chi connectivity index (χ3v) is 6.80. The minimum absolute atomic E-state index is 0. The summed E-state index contributed by atoms with van der Waals surface area (Å²) in [5, 5.41) is 11.4. The summed E-state index contributed by atoms with van der Waals surface area (Å²) >= 11 is 0. The smallest absolute Gasteiger partial charge is 0.550 e. The van der Waals surface area contributed by atoms with Crippen molar-refractivity contribution in [3.05, 3.63) is 12.2 Å². The molecule has 0 rings (SSSR count). The number of rotatable bonds is 26. The number of hydrogen-bond acceptors (Lipinski definition) is 2. The maximum absolute atomic E-state index is 11.4. The van der Waals surface area contributed by atoms with Crippen molar-refractivity contribution in [2.75, 3.05) is 0 Å². The molecule has 0 aromatic carbocycles. The van der Waals surface area contributed by atoms with Crippen molar-refractivity contribution < 1.29 is 39.5 Å². The predicted octanol–water partition coefficient (Wildman–Crippen LogP) is 6.31. The van der Waals surface area contributed by atoms with Crippen LogP contribution >= 0.6 is 0 Å². The molecule has 33 heavy (non-hydrogen) atoms. The summed E-state index contributed by atoms with van der Waals surface area (Å²) in [5.74, 6) is -1.04. The molecule has 0 aliphatic rings. The van der Waals surface area contributed by atoms with Crippen molar-refractivity contribution in [2.45, 2.75) is 168 Å². The van der Waals surface area contributed by atoms with Crippen molar-refractivity contribution in [1.82, 2.24) is 0 Å². The maximum atomic E-state index is 11.4. The Balaban J connectivity index is 0. The van der Waals surface area contributed by atoms with Crippen LogP contribution in [-0.4, -0.2) is 5.97 Å². The molecule has 1 atom stereocenters. The molecule has 0 N–H and O–H groups in total. The van der Waals surface area contributed by atoms with E-state index in [0.717, 1.165) is 32.1 Å². The van der Waals surface area contributed by atoms with E-state index in [-0.39, 0.29) is 35.5 Å². The third-order valence-electron chi connectivity index (χ3n) is 6.80. The quantitative estimate of drug-likeness (QED) is 0.0840. The molecule has 0 amide bonds. The molecule has 0 saturated heterocycles. The van der Waals surface area contributed by atoms with Crippen molar-refractivity contribution in [1.29, 1.82) is 0 Å². The zero-order chi connectivity index (χ0) is 23.5. The molecule has 3 heteroatoms. The Morgan fingerprint density at radius 1 is 0.545 bits per heavy atom. The van der Waals surface area contributed by atoms with Crippen molar-refractivity contribution >= 4 is 5.97 Å². The van der Waals surface area contributed by atoms with Crippen LogP contribution in [0.5, 0.6) is 0 Å². The number of aliphatic carboxylic acids is 1. The van der Waals surface area contributed by atoms with Crippen LogP contribution in [0.15, 0.2) is 12.2 Å². The molecule has 1 unspecified atom stereocenters. The summed E-state index contributed by atoms with van der Waals surface area (Å²) in [6.45, 7) is 4.53. The molecule has 0 aliphatic heterocycles. The minimum atomic E-state index is -0.821. The molecule has 0 spiro atoms. The average Bonchev–Trinajstić information content (AvgIpc) is 2.78. The Hall–Kier alpha value is 0.210. The third kappa shape index (κ3) is 28.3. The van der Waals surface area contributed by atoms with Gasteiger partial charge in [0.05, 0.1) is 0 Å². The molecule has 0 saturated carbocycles. The monoisotopic (exact) mass is 472 g/mol. The Bertz CT molecular complexity index is 408. The predicted molar refractivity (Wildman–Crippen MR) is 140 cm³/mol. The van der Waals surface area contributed by atoms with E-state index in [2.05, 4.69) is 26.0 Å². The average molecular weight is 473 g/mol. The van der Waals surface area contributed by atoms with Gasteiger partial charge in [-0.25, -0.2) is 0 Å². The molecule has 0 heterocycles. The molecule has 0 aromatic heterocycles. The van der Waals surface area contributed by atoms with Gasteiger partial charge in [0.25, 0.3) is 0 Å². The van der Waals surface area contributed by atoms with Gasteiger partial charge in [-0.3, -0.25) is 0 Å². The van der Waals surface area contributed by atoms with Crippen LogP contribution in [0.3, 0.4) is 0 Å². The summed E-state index contributed by atoms with van der Waals surface area (Å²) < 4.78 is 0. The fourth-order valence-corrected chi connectivity index (χ4v) is 4.54. The summed E-state index contributed by atoms with van der Waals surface area (Å²) in [6, 6.07) is 0. The summed E-state index contributed by atoms with van der Waals surface area (Å²) in [7, 11) is 0. The van der Waals surface area contributed by atoms with E-state index in [4.69, 9.17) is 0 Å². The number of hydrogen-bond donors (Lipinski definition) is 0. The van der Waals surface area contributed by atoms with Crippen molar-refractivity contribution in [3.63, 3.8) is 0 Å². The molecule has 2 nitrogen and oxygen atoms in total. The zero-order valence-electron chi connectivity index (χ0n) is 23.0. The first-order valence-electron chi connectivity index (χ1n) is 14.6. The molecule has 0 bridgehead atoms. The SMILES string of the molecule is CCCCCCCC/C=C\CCCCCCC(CCCCCCCCCCCC)C(=O)[O-].[Na+]. The van der Waals surface area contributed by atoms with E-state index in [0.29, 0.717) is 0 Å². The standard InChI is InChI=1S/C30H58O2.Na/c1-3-5-7-9-11-13-15-16-17-18-20-22-24-26-28-29(30(31)32)27-25-23-21-19-14-12-10-8-6-4-2;/h16-17,29H,3-15,18-28H2,1-2H3,(H,31,32);/q;+1/p-1/b17-16-;. The van der Waals surface area contributed by atoms with Gasteiger partial charge in [0.15, 0.2) is 0 Å². The summed E-state index contributed by atoms with van der Waals surface area (Å²) in [4.78, 5) is 11.4. The maximum Gasteiger partial charge on any atom is 1.00 e. The molecular formula is C30H57NaO2. The fourth-order valence-electron chi connectivity index (χ4n) is 4.54. The second kappa shape index (κ2) is 30.2. The van der Waals surface area contributed by atoms with Crippen molar-refractivity contribution in [2.24, 2.45) is 5.92 Å². The van der Waals surface area contributed by atoms with Crippen molar-refractivity contribution in [3.8, 4) is 0 Å². The number of carbonyl (C=O) groups is 1. The first-order chi connectivity index (χ1) is 15.7. The molecule has 0 aromatic rings. The number of carbonyl (C=O) groups excluding carboxylic acids is 1. The Kier molecular flexibility index (Phi) is 32.4. The van der Waals surface area contributed by atoms with Gasteiger partial charge in [0.2, 0.25) is 0 Å². The zero-order valence-corrected chi connectivity index (χ0v) is 25.0. The fraction of sp³-hybridized carbons (Fsp3) is 0.900. The molecule has 0 fully saturated rings. The van der Waals surface area contributed by atoms with Gasteiger partial charge in [-0.05, 0) is 44.4 Å². The van der Waals surface area contributed by atoms with Crippen LogP contribution in [0.1, 0.15) is 168 Å². The summed E-state index contributed by atoms with van der Waals surface area (Å²) in [6.07, 6.45) is 34.6. The van der Waals surface area contributed by atoms with Gasteiger partial charge in [0.1, 0.15) is 0 Å². The van der Waals surface area contributed by atoms with Gasteiger partial charge in [-0.1, -0.05) is 142 Å². The second-order valence-corrected chi connectivity index (χ2v) is 10.0. The van der Waals surface area contributed by atoms with Crippen LogP contribution in [0.4, 0.5) is 0 Å². The number of unbranched alkanes of at least 4 members (excludes halogenated alkanes) is 19. The summed E-state index contributed by atoms with van der Waals surface area (Å²) in [5.41, 5.74) is 0. The Labute approximate surface area is 230 Å². The van der Waals surface area contributed by atoms with E-state index in [1.54, 1.807) is 0 Å². The van der Waals surface area contributed by atoms with E-state index >= 15 is 0 Å². The first kappa shape index (κ1) is 35.4. The largest absolute Gasteiger partial charge is 1.00 e. The number of carboxylic acid groups (broad SMARTS) is 1.